The maximum atomic E-state index is 11.7. The summed E-state index contributed by atoms with van der Waals surface area (Å²) in [4.78, 5) is 11.7. The Morgan fingerprint density at radius 1 is 1.46 bits per heavy atom. The van der Waals surface area contributed by atoms with Crippen molar-refractivity contribution in [3.05, 3.63) is 33.2 Å². The van der Waals surface area contributed by atoms with Crippen LogP contribution in [0.3, 0.4) is 0 Å². The van der Waals surface area contributed by atoms with E-state index >= 15 is 0 Å². The van der Waals surface area contributed by atoms with Crippen LogP contribution in [0.5, 0.6) is 0 Å². The molecule has 0 spiro atoms. The van der Waals surface area contributed by atoms with Crippen LogP contribution < -0.4 is 5.56 Å². The highest BCUT2D eigenvalue weighted by Crippen LogP contribution is 2.05. The topological polar surface area (TPSA) is 42.2 Å². The highest BCUT2D eigenvalue weighted by atomic mass is 16.3. The third-order valence-electron chi connectivity index (χ3n) is 2.30. The van der Waals surface area contributed by atoms with Crippen molar-refractivity contribution in [2.24, 2.45) is 0 Å². The van der Waals surface area contributed by atoms with Gasteiger partial charge in [0.05, 0.1) is 6.61 Å². The van der Waals surface area contributed by atoms with Crippen LogP contribution >= 0.6 is 0 Å². The van der Waals surface area contributed by atoms with Gasteiger partial charge in [-0.2, -0.15) is 0 Å². The zero-order valence-corrected chi connectivity index (χ0v) is 8.29. The number of aliphatic hydroxyl groups is 1. The van der Waals surface area contributed by atoms with E-state index < -0.39 is 0 Å². The first-order valence-electron chi connectivity index (χ1n) is 4.42. The second-order valence-electron chi connectivity index (χ2n) is 3.15. The summed E-state index contributed by atoms with van der Waals surface area (Å²) in [7, 11) is 0. The Morgan fingerprint density at radius 2 is 2.08 bits per heavy atom. The summed E-state index contributed by atoms with van der Waals surface area (Å²) in [5.41, 5.74) is 2.26. The molecule has 0 aliphatic heterocycles. The summed E-state index contributed by atoms with van der Waals surface area (Å²) in [5, 5.41) is 9.00. The van der Waals surface area contributed by atoms with Crippen molar-refractivity contribution >= 4 is 0 Å². The molecule has 0 radical (unpaired) electrons. The first-order chi connectivity index (χ1) is 6.11. The van der Waals surface area contributed by atoms with Crippen molar-refractivity contribution in [1.82, 2.24) is 4.57 Å². The molecule has 13 heavy (non-hydrogen) atoms. The van der Waals surface area contributed by atoms with E-state index in [9.17, 15) is 4.79 Å². The molecule has 0 aliphatic carbocycles. The molecule has 0 atom stereocenters. The molecular weight excluding hydrogens is 166 g/mol. The minimum absolute atomic E-state index is 0.0671. The van der Waals surface area contributed by atoms with Gasteiger partial charge in [-0.15, -0.1) is 0 Å². The van der Waals surface area contributed by atoms with E-state index in [2.05, 4.69) is 0 Å². The number of nitrogens with zero attached hydrogens (tertiary/aromatic N) is 1. The lowest BCUT2D eigenvalue weighted by molar-refractivity contribution is 0.278. The van der Waals surface area contributed by atoms with E-state index in [1.165, 1.54) is 0 Å². The minimum atomic E-state index is -0.176. The van der Waals surface area contributed by atoms with E-state index in [-0.39, 0.29) is 12.2 Å². The number of rotatable bonds is 2. The summed E-state index contributed by atoms with van der Waals surface area (Å²) in [6, 6.07) is 1.93. The molecule has 0 amide bonds. The fourth-order valence-electron chi connectivity index (χ4n) is 1.56. The Bertz CT molecular complexity index is 335. The fraction of sp³-hybridized carbons (Fsp3) is 0.500. The minimum Gasteiger partial charge on any atom is -0.391 e. The zero-order valence-electron chi connectivity index (χ0n) is 8.29. The lowest BCUT2D eigenvalue weighted by atomic mass is 10.1. The first kappa shape index (κ1) is 9.99. The second kappa shape index (κ2) is 3.75. The smallest absolute Gasteiger partial charge is 0.256 e. The second-order valence-corrected chi connectivity index (χ2v) is 3.15. The molecule has 0 unspecified atom stereocenters. The average molecular weight is 181 g/mol. The summed E-state index contributed by atoms with van der Waals surface area (Å²) in [6.45, 7) is 6.15. The predicted octanol–water partition coefficient (Wildman–Crippen LogP) is 0.977. The van der Waals surface area contributed by atoms with Crippen molar-refractivity contribution in [2.75, 3.05) is 0 Å². The molecular formula is C10H15NO2. The first-order valence-corrected chi connectivity index (χ1v) is 4.42. The van der Waals surface area contributed by atoms with Crippen LogP contribution in [0.4, 0.5) is 0 Å². The normalized spacial score (nSPS) is 10.5. The van der Waals surface area contributed by atoms with Crippen LogP contribution in [0.25, 0.3) is 0 Å². The van der Waals surface area contributed by atoms with Gasteiger partial charge in [-0.1, -0.05) is 0 Å². The molecule has 3 heteroatoms. The third-order valence-corrected chi connectivity index (χ3v) is 2.30. The van der Waals surface area contributed by atoms with Gasteiger partial charge in [-0.3, -0.25) is 4.79 Å². The van der Waals surface area contributed by atoms with Crippen LogP contribution in [0, 0.1) is 13.8 Å². The van der Waals surface area contributed by atoms with Crippen molar-refractivity contribution in [1.29, 1.82) is 0 Å². The summed E-state index contributed by atoms with van der Waals surface area (Å²) < 4.78 is 1.67. The molecule has 0 bridgehead atoms. The Balaban J connectivity index is 3.49. The maximum Gasteiger partial charge on any atom is 0.256 e. The Labute approximate surface area is 77.6 Å². The summed E-state index contributed by atoms with van der Waals surface area (Å²) >= 11 is 0. The van der Waals surface area contributed by atoms with Crippen LogP contribution in [0.15, 0.2) is 10.9 Å². The number of aliphatic hydroxyl groups excluding tert-OH is 1. The molecule has 1 aromatic rings. The molecule has 1 aromatic heterocycles. The highest BCUT2D eigenvalue weighted by Gasteiger charge is 2.07. The molecule has 1 N–H and O–H groups in total. The molecule has 1 heterocycles. The van der Waals surface area contributed by atoms with Gasteiger partial charge in [-0.25, -0.2) is 0 Å². The average Bonchev–Trinajstić information content (AvgIpc) is 2.04. The number of aryl methyl sites for hydroxylation is 2. The summed E-state index contributed by atoms with van der Waals surface area (Å²) in [5.74, 6) is 0. The van der Waals surface area contributed by atoms with Gasteiger partial charge in [-0.05, 0) is 32.4 Å². The van der Waals surface area contributed by atoms with E-state index in [1.54, 1.807) is 4.57 Å². The molecule has 0 saturated heterocycles. The van der Waals surface area contributed by atoms with Gasteiger partial charge in [0.15, 0.2) is 0 Å². The maximum absolute atomic E-state index is 11.7. The molecule has 1 rings (SSSR count). The Hall–Kier alpha value is -1.09. The van der Waals surface area contributed by atoms with Gasteiger partial charge in [0.1, 0.15) is 0 Å². The standard InChI is InChI=1S/C10H15NO2/c1-4-11-8(3)5-7(2)9(6-12)10(11)13/h5,12H,4,6H2,1-3H3. The number of pyridine rings is 1. The van der Waals surface area contributed by atoms with Gasteiger partial charge >= 0.3 is 0 Å². The number of hydrogen-bond donors (Lipinski definition) is 1. The quantitative estimate of drug-likeness (QED) is 0.739. The fourth-order valence-corrected chi connectivity index (χ4v) is 1.56. The van der Waals surface area contributed by atoms with Crippen LogP contribution in [-0.2, 0) is 13.2 Å². The van der Waals surface area contributed by atoms with Gasteiger partial charge in [0.2, 0.25) is 0 Å². The van der Waals surface area contributed by atoms with Crippen molar-refractivity contribution in [2.45, 2.75) is 33.9 Å². The largest absolute Gasteiger partial charge is 0.391 e. The Morgan fingerprint density at radius 3 is 2.54 bits per heavy atom. The van der Waals surface area contributed by atoms with Crippen molar-refractivity contribution < 1.29 is 5.11 Å². The molecule has 0 aliphatic rings. The lowest BCUT2D eigenvalue weighted by Crippen LogP contribution is -2.26. The van der Waals surface area contributed by atoms with Gasteiger partial charge < -0.3 is 9.67 Å². The zero-order chi connectivity index (χ0) is 10.0. The molecule has 0 saturated carbocycles. The number of aromatic nitrogens is 1. The van der Waals surface area contributed by atoms with Gasteiger partial charge in [0.25, 0.3) is 5.56 Å². The van der Waals surface area contributed by atoms with E-state index in [1.807, 2.05) is 26.8 Å². The van der Waals surface area contributed by atoms with E-state index in [0.717, 1.165) is 11.3 Å². The van der Waals surface area contributed by atoms with Crippen LogP contribution in [0.2, 0.25) is 0 Å². The number of hydrogen-bond acceptors (Lipinski definition) is 2. The molecule has 0 aromatic carbocycles. The molecule has 72 valence electrons. The van der Waals surface area contributed by atoms with Crippen LogP contribution in [-0.4, -0.2) is 9.67 Å². The molecule has 0 fully saturated rings. The Kier molecular flexibility index (Phi) is 2.88. The van der Waals surface area contributed by atoms with E-state index in [0.29, 0.717) is 12.1 Å². The monoisotopic (exact) mass is 181 g/mol. The van der Waals surface area contributed by atoms with Crippen LogP contribution in [0.1, 0.15) is 23.7 Å². The SMILES string of the molecule is CCn1c(C)cc(C)c(CO)c1=O. The van der Waals surface area contributed by atoms with Crippen molar-refractivity contribution in [3.8, 4) is 0 Å². The predicted molar refractivity (Wildman–Crippen MR) is 51.8 cm³/mol. The van der Waals surface area contributed by atoms with Gasteiger partial charge in [0, 0.05) is 17.8 Å². The third kappa shape index (κ3) is 1.65. The molecule has 3 nitrogen and oxygen atoms in total. The lowest BCUT2D eigenvalue weighted by Gasteiger charge is -2.10. The highest BCUT2D eigenvalue weighted by molar-refractivity contribution is 5.25. The summed E-state index contributed by atoms with van der Waals surface area (Å²) in [6.07, 6.45) is 0. The van der Waals surface area contributed by atoms with E-state index in [4.69, 9.17) is 5.11 Å². The van der Waals surface area contributed by atoms with Crippen molar-refractivity contribution in [3.63, 3.8) is 0 Å².